The van der Waals surface area contributed by atoms with E-state index in [1.54, 1.807) is 0 Å². The van der Waals surface area contributed by atoms with E-state index in [9.17, 15) is 4.79 Å². The SMILES string of the molecule is COC(=O)c1cccc(N2CCCC2)c1C. The maximum Gasteiger partial charge on any atom is 0.338 e. The van der Waals surface area contributed by atoms with Gasteiger partial charge < -0.3 is 9.64 Å². The normalized spacial score (nSPS) is 15.2. The van der Waals surface area contributed by atoms with E-state index < -0.39 is 0 Å². The molecule has 1 aliphatic rings. The molecule has 16 heavy (non-hydrogen) atoms. The van der Waals surface area contributed by atoms with Crippen LogP contribution >= 0.6 is 0 Å². The summed E-state index contributed by atoms with van der Waals surface area (Å²) in [5.74, 6) is -0.251. The van der Waals surface area contributed by atoms with Crippen molar-refractivity contribution >= 4 is 11.7 Å². The first-order chi connectivity index (χ1) is 7.74. The molecular formula is C13H17NO2. The minimum atomic E-state index is -0.251. The Morgan fingerprint density at radius 2 is 2.00 bits per heavy atom. The fourth-order valence-corrected chi connectivity index (χ4v) is 2.26. The Bertz CT molecular complexity index is 395. The average molecular weight is 219 g/mol. The minimum Gasteiger partial charge on any atom is -0.465 e. The Kier molecular flexibility index (Phi) is 3.13. The molecule has 3 heteroatoms. The van der Waals surface area contributed by atoms with Crippen molar-refractivity contribution in [2.45, 2.75) is 19.8 Å². The van der Waals surface area contributed by atoms with E-state index in [2.05, 4.69) is 11.0 Å². The minimum absolute atomic E-state index is 0.251. The molecule has 1 saturated heterocycles. The van der Waals surface area contributed by atoms with Gasteiger partial charge in [0, 0.05) is 18.8 Å². The smallest absolute Gasteiger partial charge is 0.338 e. The number of carbonyl (C=O) groups is 1. The molecule has 0 saturated carbocycles. The summed E-state index contributed by atoms with van der Waals surface area (Å²) in [7, 11) is 1.42. The Morgan fingerprint density at radius 3 is 2.62 bits per heavy atom. The summed E-state index contributed by atoms with van der Waals surface area (Å²) >= 11 is 0. The van der Waals surface area contributed by atoms with Gasteiger partial charge in [0.1, 0.15) is 0 Å². The van der Waals surface area contributed by atoms with Gasteiger partial charge in [-0.3, -0.25) is 0 Å². The van der Waals surface area contributed by atoms with Gasteiger partial charge in [0.25, 0.3) is 0 Å². The van der Waals surface area contributed by atoms with Crippen molar-refractivity contribution in [2.75, 3.05) is 25.1 Å². The predicted molar refractivity (Wildman–Crippen MR) is 64.0 cm³/mol. The van der Waals surface area contributed by atoms with Gasteiger partial charge in [0.15, 0.2) is 0 Å². The lowest BCUT2D eigenvalue weighted by Crippen LogP contribution is -2.19. The molecule has 1 aromatic rings. The number of hydrogen-bond donors (Lipinski definition) is 0. The number of ether oxygens (including phenoxy) is 1. The third kappa shape index (κ3) is 1.90. The van der Waals surface area contributed by atoms with Crippen LogP contribution in [0.3, 0.4) is 0 Å². The van der Waals surface area contributed by atoms with Crippen molar-refractivity contribution < 1.29 is 9.53 Å². The zero-order chi connectivity index (χ0) is 11.5. The predicted octanol–water partition coefficient (Wildman–Crippen LogP) is 2.38. The summed E-state index contributed by atoms with van der Waals surface area (Å²) in [5.41, 5.74) is 2.86. The van der Waals surface area contributed by atoms with Gasteiger partial charge in [-0.05, 0) is 37.5 Å². The second kappa shape index (κ2) is 4.56. The van der Waals surface area contributed by atoms with Crippen molar-refractivity contribution in [3.63, 3.8) is 0 Å². The molecule has 1 aliphatic heterocycles. The Labute approximate surface area is 96.0 Å². The average Bonchev–Trinajstić information content (AvgIpc) is 2.82. The summed E-state index contributed by atoms with van der Waals surface area (Å²) in [6, 6.07) is 5.82. The number of methoxy groups -OCH3 is 1. The molecule has 1 heterocycles. The van der Waals surface area contributed by atoms with Crippen LogP contribution < -0.4 is 4.90 Å². The third-order valence-electron chi connectivity index (χ3n) is 3.16. The van der Waals surface area contributed by atoms with Crippen molar-refractivity contribution in [3.05, 3.63) is 29.3 Å². The molecule has 0 atom stereocenters. The molecule has 0 bridgehead atoms. The lowest BCUT2D eigenvalue weighted by atomic mass is 10.1. The Morgan fingerprint density at radius 1 is 1.31 bits per heavy atom. The van der Waals surface area contributed by atoms with Crippen LogP contribution in [0.2, 0.25) is 0 Å². The molecule has 0 N–H and O–H groups in total. The van der Waals surface area contributed by atoms with E-state index in [0.717, 1.165) is 18.7 Å². The van der Waals surface area contributed by atoms with Crippen LogP contribution in [-0.4, -0.2) is 26.2 Å². The number of hydrogen-bond acceptors (Lipinski definition) is 3. The number of rotatable bonds is 2. The van der Waals surface area contributed by atoms with E-state index in [1.165, 1.54) is 25.6 Å². The molecule has 0 spiro atoms. The van der Waals surface area contributed by atoms with E-state index in [0.29, 0.717) is 5.56 Å². The topological polar surface area (TPSA) is 29.5 Å². The molecular weight excluding hydrogens is 202 g/mol. The lowest BCUT2D eigenvalue weighted by molar-refractivity contribution is 0.0600. The number of anilines is 1. The molecule has 0 unspecified atom stereocenters. The summed E-state index contributed by atoms with van der Waals surface area (Å²) in [4.78, 5) is 13.9. The summed E-state index contributed by atoms with van der Waals surface area (Å²) in [5, 5.41) is 0. The van der Waals surface area contributed by atoms with E-state index in [1.807, 2.05) is 19.1 Å². The Balaban J connectivity index is 2.35. The van der Waals surface area contributed by atoms with Gasteiger partial charge in [-0.25, -0.2) is 4.79 Å². The monoisotopic (exact) mass is 219 g/mol. The zero-order valence-electron chi connectivity index (χ0n) is 9.82. The highest BCUT2D eigenvalue weighted by molar-refractivity contribution is 5.92. The maximum absolute atomic E-state index is 11.6. The highest BCUT2D eigenvalue weighted by Crippen LogP contribution is 2.26. The molecule has 2 rings (SSSR count). The largest absolute Gasteiger partial charge is 0.465 e. The van der Waals surface area contributed by atoms with E-state index in [4.69, 9.17) is 4.74 Å². The maximum atomic E-state index is 11.6. The molecule has 0 aromatic heterocycles. The van der Waals surface area contributed by atoms with Gasteiger partial charge in [-0.15, -0.1) is 0 Å². The second-order valence-electron chi connectivity index (χ2n) is 4.14. The van der Waals surface area contributed by atoms with E-state index >= 15 is 0 Å². The Hall–Kier alpha value is -1.51. The van der Waals surface area contributed by atoms with Crippen molar-refractivity contribution in [2.24, 2.45) is 0 Å². The van der Waals surface area contributed by atoms with Crippen molar-refractivity contribution in [1.29, 1.82) is 0 Å². The van der Waals surface area contributed by atoms with Gasteiger partial charge in [-0.1, -0.05) is 6.07 Å². The quantitative estimate of drug-likeness (QED) is 0.715. The highest BCUT2D eigenvalue weighted by atomic mass is 16.5. The molecule has 0 aliphatic carbocycles. The van der Waals surface area contributed by atoms with Crippen LogP contribution in [0.15, 0.2) is 18.2 Å². The number of nitrogens with zero attached hydrogens (tertiary/aromatic N) is 1. The fraction of sp³-hybridized carbons (Fsp3) is 0.462. The lowest BCUT2D eigenvalue weighted by Gasteiger charge is -2.21. The van der Waals surface area contributed by atoms with Crippen LogP contribution in [0.5, 0.6) is 0 Å². The second-order valence-corrected chi connectivity index (χ2v) is 4.14. The molecule has 0 radical (unpaired) electrons. The first kappa shape index (κ1) is 11.0. The standard InChI is InChI=1S/C13H17NO2/c1-10-11(13(15)16-2)6-5-7-12(10)14-8-3-4-9-14/h5-7H,3-4,8-9H2,1-2H3. The first-order valence-corrected chi connectivity index (χ1v) is 5.67. The third-order valence-corrected chi connectivity index (χ3v) is 3.16. The molecule has 1 aromatic carbocycles. The van der Waals surface area contributed by atoms with Gasteiger partial charge >= 0.3 is 5.97 Å². The summed E-state index contributed by atoms with van der Waals surface area (Å²) in [6.07, 6.45) is 2.48. The highest BCUT2D eigenvalue weighted by Gasteiger charge is 2.18. The summed E-state index contributed by atoms with van der Waals surface area (Å²) in [6.45, 7) is 4.16. The van der Waals surface area contributed by atoms with Crippen LogP contribution in [0, 0.1) is 6.92 Å². The van der Waals surface area contributed by atoms with Gasteiger partial charge in [0.2, 0.25) is 0 Å². The van der Waals surface area contributed by atoms with Crippen LogP contribution in [0.4, 0.5) is 5.69 Å². The molecule has 1 fully saturated rings. The molecule has 86 valence electrons. The van der Waals surface area contributed by atoms with Gasteiger partial charge in [-0.2, -0.15) is 0 Å². The number of benzene rings is 1. The zero-order valence-corrected chi connectivity index (χ0v) is 9.82. The first-order valence-electron chi connectivity index (χ1n) is 5.67. The molecule has 3 nitrogen and oxygen atoms in total. The van der Waals surface area contributed by atoms with Gasteiger partial charge in [0.05, 0.1) is 12.7 Å². The fourth-order valence-electron chi connectivity index (χ4n) is 2.26. The van der Waals surface area contributed by atoms with Crippen molar-refractivity contribution in [1.82, 2.24) is 0 Å². The number of carbonyl (C=O) groups excluding carboxylic acids is 1. The van der Waals surface area contributed by atoms with Crippen molar-refractivity contribution in [3.8, 4) is 0 Å². The molecule has 0 amide bonds. The van der Waals surface area contributed by atoms with Crippen LogP contribution in [-0.2, 0) is 4.74 Å². The van der Waals surface area contributed by atoms with Crippen LogP contribution in [0.1, 0.15) is 28.8 Å². The number of esters is 1. The summed E-state index contributed by atoms with van der Waals surface area (Å²) < 4.78 is 4.78. The van der Waals surface area contributed by atoms with Crippen LogP contribution in [0.25, 0.3) is 0 Å². The van der Waals surface area contributed by atoms with E-state index in [-0.39, 0.29) is 5.97 Å².